The van der Waals surface area contributed by atoms with Gasteiger partial charge in [-0.25, -0.2) is 4.99 Å². The van der Waals surface area contributed by atoms with Crippen LogP contribution in [0.25, 0.3) is 0 Å². The van der Waals surface area contributed by atoms with Crippen molar-refractivity contribution in [1.82, 2.24) is 0 Å². The molecule has 0 bridgehead atoms. The summed E-state index contributed by atoms with van der Waals surface area (Å²) in [6, 6.07) is 15.5. The number of para-hydroxylation sites is 2. The van der Waals surface area contributed by atoms with Crippen molar-refractivity contribution < 1.29 is 9.47 Å². The van der Waals surface area contributed by atoms with Crippen LogP contribution in [-0.4, -0.2) is 19.4 Å². The van der Waals surface area contributed by atoms with E-state index in [1.807, 2.05) is 48.5 Å². The SMILES string of the molecule is C.COc1ccccc1CN.COc1ccccc1CN=C=S. The molecule has 5 heteroatoms. The van der Waals surface area contributed by atoms with Crippen molar-refractivity contribution >= 4 is 17.4 Å². The summed E-state index contributed by atoms with van der Waals surface area (Å²) < 4.78 is 10.2. The molecule has 0 saturated heterocycles. The fourth-order valence-corrected chi connectivity index (χ4v) is 1.89. The number of thiocarbonyl (C=S) groups is 1. The molecule has 23 heavy (non-hydrogen) atoms. The molecule has 0 unspecified atom stereocenters. The molecule has 0 amide bonds. The fourth-order valence-electron chi connectivity index (χ4n) is 1.82. The van der Waals surface area contributed by atoms with Gasteiger partial charge in [-0.05, 0) is 24.4 Å². The van der Waals surface area contributed by atoms with Crippen LogP contribution in [0.15, 0.2) is 53.5 Å². The summed E-state index contributed by atoms with van der Waals surface area (Å²) in [4.78, 5) is 3.84. The third-order valence-corrected chi connectivity index (χ3v) is 3.05. The maximum absolute atomic E-state index is 5.45. The monoisotopic (exact) mass is 332 g/mol. The van der Waals surface area contributed by atoms with E-state index in [9.17, 15) is 0 Å². The molecule has 0 aromatic heterocycles. The van der Waals surface area contributed by atoms with Crippen molar-refractivity contribution in [3.8, 4) is 11.5 Å². The Balaban J connectivity index is 0.000000409. The van der Waals surface area contributed by atoms with Gasteiger partial charge in [-0.3, -0.25) is 0 Å². The number of hydrogen-bond donors (Lipinski definition) is 1. The molecule has 0 spiro atoms. The highest BCUT2D eigenvalue weighted by molar-refractivity contribution is 7.78. The van der Waals surface area contributed by atoms with E-state index >= 15 is 0 Å². The third-order valence-electron chi connectivity index (χ3n) is 2.92. The number of nitrogens with zero attached hydrogens (tertiary/aromatic N) is 1. The summed E-state index contributed by atoms with van der Waals surface area (Å²) in [5, 5.41) is 2.32. The normalized spacial score (nSPS) is 8.65. The summed E-state index contributed by atoms with van der Waals surface area (Å²) in [5.41, 5.74) is 7.52. The Kier molecular flexibility index (Phi) is 11.2. The zero-order valence-corrected chi connectivity index (χ0v) is 13.6. The molecule has 2 aromatic rings. The van der Waals surface area contributed by atoms with Gasteiger partial charge in [0.15, 0.2) is 0 Å². The van der Waals surface area contributed by atoms with Gasteiger partial charge in [-0.1, -0.05) is 43.8 Å². The molecule has 0 fully saturated rings. The number of ether oxygens (including phenoxy) is 2. The van der Waals surface area contributed by atoms with Crippen LogP contribution in [0, 0.1) is 0 Å². The molecule has 0 aliphatic heterocycles. The van der Waals surface area contributed by atoms with E-state index in [1.54, 1.807) is 14.2 Å². The molecular formula is C18H24N2O2S. The van der Waals surface area contributed by atoms with Crippen molar-refractivity contribution in [2.45, 2.75) is 20.5 Å². The Hall–Kier alpha value is -2.20. The highest BCUT2D eigenvalue weighted by atomic mass is 32.1. The summed E-state index contributed by atoms with van der Waals surface area (Å²) >= 11 is 4.47. The van der Waals surface area contributed by atoms with Crippen molar-refractivity contribution in [2.75, 3.05) is 14.2 Å². The largest absolute Gasteiger partial charge is 0.496 e. The van der Waals surface area contributed by atoms with Crippen LogP contribution in [-0.2, 0) is 13.1 Å². The minimum Gasteiger partial charge on any atom is -0.496 e. The first kappa shape index (κ1) is 20.8. The summed E-state index contributed by atoms with van der Waals surface area (Å²) in [7, 11) is 3.29. The molecule has 0 radical (unpaired) electrons. The summed E-state index contributed by atoms with van der Waals surface area (Å²) in [6.45, 7) is 1.07. The molecule has 0 heterocycles. The average molecular weight is 332 g/mol. The van der Waals surface area contributed by atoms with Gasteiger partial charge in [-0.2, -0.15) is 0 Å². The molecule has 2 aromatic carbocycles. The molecule has 2 rings (SSSR count). The lowest BCUT2D eigenvalue weighted by molar-refractivity contribution is 0.410. The number of aliphatic imine (C=N–C) groups is 1. The van der Waals surface area contributed by atoms with Gasteiger partial charge in [0.1, 0.15) is 11.5 Å². The zero-order chi connectivity index (χ0) is 16.2. The predicted molar refractivity (Wildman–Crippen MR) is 99.3 cm³/mol. The minimum atomic E-state index is 0. The second-order valence-corrected chi connectivity index (χ2v) is 4.42. The number of nitrogens with two attached hydrogens (primary N) is 1. The maximum Gasteiger partial charge on any atom is 0.123 e. The molecule has 124 valence electrons. The standard InChI is InChI=1S/C9H9NOS.C8H11NO.CH4/c1-11-9-5-3-2-4-8(9)6-10-7-12;1-10-8-5-3-2-4-7(8)6-9;/h2-5H,6H2,1H3;2-5H,6,9H2,1H3;1H4. The Morgan fingerprint density at radius 2 is 1.43 bits per heavy atom. The Morgan fingerprint density at radius 3 is 1.87 bits per heavy atom. The second kappa shape index (κ2) is 12.4. The third kappa shape index (κ3) is 7.06. The molecule has 4 nitrogen and oxygen atoms in total. The first-order valence-electron chi connectivity index (χ1n) is 6.74. The first-order chi connectivity index (χ1) is 10.8. The van der Waals surface area contributed by atoms with Crippen LogP contribution < -0.4 is 15.2 Å². The van der Waals surface area contributed by atoms with Gasteiger partial charge >= 0.3 is 0 Å². The topological polar surface area (TPSA) is 56.8 Å². The number of rotatable bonds is 5. The van der Waals surface area contributed by atoms with E-state index in [0.29, 0.717) is 13.1 Å². The molecule has 0 atom stereocenters. The summed E-state index contributed by atoms with van der Waals surface area (Å²) in [5.74, 6) is 1.71. The Morgan fingerprint density at radius 1 is 0.957 bits per heavy atom. The average Bonchev–Trinajstić information content (AvgIpc) is 2.60. The van der Waals surface area contributed by atoms with E-state index in [2.05, 4.69) is 22.4 Å². The maximum atomic E-state index is 5.45. The number of hydrogen-bond acceptors (Lipinski definition) is 5. The minimum absolute atomic E-state index is 0. The molecular weight excluding hydrogens is 308 g/mol. The quantitative estimate of drug-likeness (QED) is 0.662. The smallest absolute Gasteiger partial charge is 0.123 e. The van der Waals surface area contributed by atoms with Gasteiger partial charge in [-0.15, -0.1) is 0 Å². The lowest BCUT2D eigenvalue weighted by Crippen LogP contribution is -1.98. The van der Waals surface area contributed by atoms with Gasteiger partial charge in [0, 0.05) is 17.7 Å². The highest BCUT2D eigenvalue weighted by Gasteiger charge is 1.98. The highest BCUT2D eigenvalue weighted by Crippen LogP contribution is 2.17. The van der Waals surface area contributed by atoms with E-state index in [4.69, 9.17) is 15.2 Å². The Bertz CT molecular complexity index is 603. The summed E-state index contributed by atoms with van der Waals surface area (Å²) in [6.07, 6.45) is 0. The molecule has 0 aliphatic rings. The number of benzene rings is 2. The van der Waals surface area contributed by atoms with Gasteiger partial charge < -0.3 is 15.2 Å². The Labute approximate surface area is 144 Å². The van der Waals surface area contributed by atoms with Gasteiger partial charge in [0.05, 0.1) is 25.9 Å². The number of isothiocyanates is 1. The predicted octanol–water partition coefficient (Wildman–Crippen LogP) is 4.09. The van der Waals surface area contributed by atoms with Crippen molar-refractivity contribution in [3.05, 3.63) is 59.7 Å². The van der Waals surface area contributed by atoms with Crippen LogP contribution >= 0.6 is 12.2 Å². The van der Waals surface area contributed by atoms with Gasteiger partial charge in [0.25, 0.3) is 0 Å². The molecule has 2 N–H and O–H groups in total. The lowest BCUT2D eigenvalue weighted by atomic mass is 10.2. The van der Waals surface area contributed by atoms with E-state index in [-0.39, 0.29) is 7.43 Å². The van der Waals surface area contributed by atoms with E-state index in [0.717, 1.165) is 22.6 Å². The van der Waals surface area contributed by atoms with Crippen LogP contribution in [0.4, 0.5) is 0 Å². The van der Waals surface area contributed by atoms with E-state index < -0.39 is 0 Å². The van der Waals surface area contributed by atoms with Crippen LogP contribution in [0.2, 0.25) is 0 Å². The van der Waals surface area contributed by atoms with Crippen molar-refractivity contribution in [3.63, 3.8) is 0 Å². The lowest BCUT2D eigenvalue weighted by Gasteiger charge is -2.03. The van der Waals surface area contributed by atoms with Crippen LogP contribution in [0.1, 0.15) is 18.6 Å². The van der Waals surface area contributed by atoms with Crippen LogP contribution in [0.5, 0.6) is 11.5 Å². The number of methoxy groups -OCH3 is 2. The fraction of sp³-hybridized carbons (Fsp3) is 0.278. The first-order valence-corrected chi connectivity index (χ1v) is 7.15. The van der Waals surface area contributed by atoms with Crippen molar-refractivity contribution in [1.29, 1.82) is 0 Å². The molecule has 0 saturated carbocycles. The second-order valence-electron chi connectivity index (χ2n) is 4.24. The molecule has 0 aliphatic carbocycles. The zero-order valence-electron chi connectivity index (χ0n) is 12.8. The van der Waals surface area contributed by atoms with Crippen LogP contribution in [0.3, 0.4) is 0 Å². The van der Waals surface area contributed by atoms with Gasteiger partial charge in [0.2, 0.25) is 0 Å². The van der Waals surface area contributed by atoms with Crippen molar-refractivity contribution in [2.24, 2.45) is 10.7 Å². The van der Waals surface area contributed by atoms with E-state index in [1.165, 1.54) is 0 Å².